The molecular formula is C13H17N3O6. The van der Waals surface area contributed by atoms with E-state index in [0.717, 1.165) is 0 Å². The van der Waals surface area contributed by atoms with E-state index >= 15 is 0 Å². The number of nitrogens with one attached hydrogen (secondary N) is 2. The summed E-state index contributed by atoms with van der Waals surface area (Å²) in [7, 11) is 0. The number of benzene rings is 1. The molecule has 0 aliphatic heterocycles. The molecule has 120 valence electrons. The summed E-state index contributed by atoms with van der Waals surface area (Å²) in [5.41, 5.74) is 0.177. The van der Waals surface area contributed by atoms with Crippen molar-refractivity contribution in [3.8, 4) is 0 Å². The fraction of sp³-hybridized carbons (Fsp3) is 0.385. The quantitative estimate of drug-likeness (QED) is 0.385. The van der Waals surface area contributed by atoms with Crippen LogP contribution in [0.5, 0.6) is 0 Å². The van der Waals surface area contributed by atoms with Gasteiger partial charge in [0.15, 0.2) is 0 Å². The SMILES string of the molecule is CC(=O)NCC(=O)N[C@H](CO)[C@H](O)c1ccc([N+](=O)[O-])cc1. The van der Waals surface area contributed by atoms with Gasteiger partial charge in [-0.2, -0.15) is 0 Å². The molecule has 1 aromatic carbocycles. The van der Waals surface area contributed by atoms with E-state index < -0.39 is 29.6 Å². The van der Waals surface area contributed by atoms with Crippen molar-refractivity contribution >= 4 is 17.5 Å². The van der Waals surface area contributed by atoms with Gasteiger partial charge in [0.25, 0.3) is 5.69 Å². The number of nitrogens with zero attached hydrogens (tertiary/aromatic N) is 1. The largest absolute Gasteiger partial charge is 0.394 e. The summed E-state index contributed by atoms with van der Waals surface area (Å²) in [4.78, 5) is 32.2. The Hall–Kier alpha value is -2.52. The van der Waals surface area contributed by atoms with Crippen LogP contribution in [0.15, 0.2) is 24.3 Å². The molecule has 0 aliphatic carbocycles. The summed E-state index contributed by atoms with van der Waals surface area (Å²) in [6, 6.07) is 4.11. The van der Waals surface area contributed by atoms with Gasteiger partial charge < -0.3 is 20.8 Å². The fourth-order valence-corrected chi connectivity index (χ4v) is 1.71. The Labute approximate surface area is 126 Å². The molecule has 0 aliphatic rings. The van der Waals surface area contributed by atoms with Crippen LogP contribution in [-0.4, -0.2) is 46.1 Å². The Morgan fingerprint density at radius 2 is 1.91 bits per heavy atom. The second-order valence-electron chi connectivity index (χ2n) is 4.56. The molecule has 0 spiro atoms. The predicted molar refractivity (Wildman–Crippen MR) is 75.8 cm³/mol. The number of hydrogen-bond donors (Lipinski definition) is 4. The van der Waals surface area contributed by atoms with E-state index in [2.05, 4.69) is 10.6 Å². The molecule has 9 nitrogen and oxygen atoms in total. The van der Waals surface area contributed by atoms with Gasteiger partial charge in [-0.25, -0.2) is 0 Å². The minimum Gasteiger partial charge on any atom is -0.394 e. The average Bonchev–Trinajstić information content (AvgIpc) is 2.50. The summed E-state index contributed by atoms with van der Waals surface area (Å²) in [5.74, 6) is -0.957. The third kappa shape index (κ3) is 5.11. The van der Waals surface area contributed by atoms with Crippen molar-refractivity contribution < 1.29 is 24.7 Å². The maximum absolute atomic E-state index is 11.6. The van der Waals surface area contributed by atoms with Crippen molar-refractivity contribution in [3.63, 3.8) is 0 Å². The standard InChI is InChI=1S/C13H17N3O6/c1-8(18)14-6-12(19)15-11(7-17)13(20)9-2-4-10(5-3-9)16(21)22/h2-5,11,13,17,20H,6-7H2,1H3,(H,14,18)(H,15,19)/t11-,13-/m1/s1. The van der Waals surface area contributed by atoms with Crippen LogP contribution in [0.1, 0.15) is 18.6 Å². The van der Waals surface area contributed by atoms with Gasteiger partial charge in [-0.05, 0) is 17.7 Å². The van der Waals surface area contributed by atoms with E-state index in [0.29, 0.717) is 5.56 Å². The van der Waals surface area contributed by atoms with Crippen molar-refractivity contribution in [2.75, 3.05) is 13.2 Å². The lowest BCUT2D eigenvalue weighted by Gasteiger charge is -2.22. The maximum Gasteiger partial charge on any atom is 0.269 e. The van der Waals surface area contributed by atoms with E-state index in [-0.39, 0.29) is 18.1 Å². The molecular weight excluding hydrogens is 294 g/mol. The molecule has 4 N–H and O–H groups in total. The van der Waals surface area contributed by atoms with Crippen molar-refractivity contribution in [1.82, 2.24) is 10.6 Å². The van der Waals surface area contributed by atoms with Crippen LogP contribution in [0.3, 0.4) is 0 Å². The molecule has 0 unspecified atom stereocenters. The Balaban J connectivity index is 2.70. The first-order chi connectivity index (χ1) is 10.3. The molecule has 1 rings (SSSR count). The molecule has 1 aromatic rings. The number of hydrogen-bond acceptors (Lipinski definition) is 6. The number of aliphatic hydroxyl groups excluding tert-OH is 2. The van der Waals surface area contributed by atoms with Crippen molar-refractivity contribution in [2.24, 2.45) is 0 Å². The van der Waals surface area contributed by atoms with Gasteiger partial charge in [0.05, 0.1) is 24.1 Å². The molecule has 0 saturated heterocycles. The van der Waals surface area contributed by atoms with E-state index in [1.54, 1.807) is 0 Å². The maximum atomic E-state index is 11.6. The lowest BCUT2D eigenvalue weighted by atomic mass is 10.0. The Morgan fingerprint density at radius 3 is 2.36 bits per heavy atom. The zero-order valence-electron chi connectivity index (χ0n) is 11.9. The van der Waals surface area contributed by atoms with Gasteiger partial charge in [0, 0.05) is 19.1 Å². The number of rotatable bonds is 7. The lowest BCUT2D eigenvalue weighted by molar-refractivity contribution is -0.384. The highest BCUT2D eigenvalue weighted by Gasteiger charge is 2.22. The molecule has 0 heterocycles. The number of carbonyl (C=O) groups excluding carboxylic acids is 2. The molecule has 0 fully saturated rings. The van der Waals surface area contributed by atoms with Crippen LogP contribution in [0.4, 0.5) is 5.69 Å². The minimum absolute atomic E-state index is 0.133. The van der Waals surface area contributed by atoms with Crippen LogP contribution in [0, 0.1) is 10.1 Å². The fourth-order valence-electron chi connectivity index (χ4n) is 1.71. The second-order valence-corrected chi connectivity index (χ2v) is 4.56. The zero-order valence-corrected chi connectivity index (χ0v) is 11.9. The highest BCUT2D eigenvalue weighted by molar-refractivity contribution is 5.83. The molecule has 2 amide bonds. The number of amides is 2. The van der Waals surface area contributed by atoms with Gasteiger partial charge in [0.2, 0.25) is 11.8 Å². The predicted octanol–water partition coefficient (Wildman–Crippen LogP) is -0.759. The summed E-state index contributed by atoms with van der Waals surface area (Å²) in [5, 5.41) is 34.6. The topological polar surface area (TPSA) is 142 Å². The molecule has 0 saturated carbocycles. The zero-order chi connectivity index (χ0) is 16.7. The molecule has 0 bridgehead atoms. The normalized spacial score (nSPS) is 13.0. The van der Waals surface area contributed by atoms with Crippen molar-refractivity contribution in [1.29, 1.82) is 0 Å². The van der Waals surface area contributed by atoms with Crippen LogP contribution < -0.4 is 10.6 Å². The van der Waals surface area contributed by atoms with E-state index in [1.165, 1.54) is 31.2 Å². The third-order valence-corrected chi connectivity index (χ3v) is 2.87. The first-order valence-corrected chi connectivity index (χ1v) is 6.42. The van der Waals surface area contributed by atoms with E-state index in [1.807, 2.05) is 0 Å². The highest BCUT2D eigenvalue weighted by atomic mass is 16.6. The average molecular weight is 311 g/mol. The minimum atomic E-state index is -1.24. The lowest BCUT2D eigenvalue weighted by Crippen LogP contribution is -2.46. The van der Waals surface area contributed by atoms with Crippen LogP contribution in [0.25, 0.3) is 0 Å². The number of carbonyl (C=O) groups is 2. The van der Waals surface area contributed by atoms with Crippen LogP contribution >= 0.6 is 0 Å². The first kappa shape index (κ1) is 17.5. The monoisotopic (exact) mass is 311 g/mol. The molecule has 0 radical (unpaired) electrons. The molecule has 0 aromatic heterocycles. The Bertz CT molecular complexity index is 545. The molecule has 2 atom stereocenters. The third-order valence-electron chi connectivity index (χ3n) is 2.87. The Kier molecular flexibility index (Phi) is 6.42. The number of non-ortho nitro benzene ring substituents is 1. The number of nitro benzene ring substituents is 1. The van der Waals surface area contributed by atoms with Gasteiger partial charge >= 0.3 is 0 Å². The van der Waals surface area contributed by atoms with Crippen LogP contribution in [0.2, 0.25) is 0 Å². The summed E-state index contributed by atoms with van der Waals surface area (Å²) in [6.45, 7) is 0.436. The Morgan fingerprint density at radius 1 is 1.32 bits per heavy atom. The van der Waals surface area contributed by atoms with Crippen LogP contribution in [-0.2, 0) is 9.59 Å². The second kappa shape index (κ2) is 8.05. The van der Waals surface area contributed by atoms with Crippen molar-refractivity contribution in [2.45, 2.75) is 19.1 Å². The van der Waals surface area contributed by atoms with Gasteiger partial charge in [-0.15, -0.1) is 0 Å². The molecule has 22 heavy (non-hydrogen) atoms. The number of aliphatic hydroxyl groups is 2. The van der Waals surface area contributed by atoms with Gasteiger partial charge in [-0.1, -0.05) is 0 Å². The van der Waals surface area contributed by atoms with Gasteiger partial charge in [-0.3, -0.25) is 19.7 Å². The summed E-state index contributed by atoms with van der Waals surface area (Å²) < 4.78 is 0. The first-order valence-electron chi connectivity index (χ1n) is 6.42. The highest BCUT2D eigenvalue weighted by Crippen LogP contribution is 2.20. The summed E-state index contributed by atoms with van der Waals surface area (Å²) >= 11 is 0. The van der Waals surface area contributed by atoms with Crippen molar-refractivity contribution in [3.05, 3.63) is 39.9 Å². The molecule has 9 heteroatoms. The smallest absolute Gasteiger partial charge is 0.269 e. The van der Waals surface area contributed by atoms with E-state index in [9.17, 15) is 29.9 Å². The summed E-state index contributed by atoms with van der Waals surface area (Å²) in [6.07, 6.45) is -1.24. The van der Waals surface area contributed by atoms with E-state index in [4.69, 9.17) is 0 Å². The van der Waals surface area contributed by atoms with Gasteiger partial charge in [0.1, 0.15) is 6.10 Å². The number of nitro groups is 1.